The fourth-order valence-corrected chi connectivity index (χ4v) is 2.46. The monoisotopic (exact) mass is 373 g/mol. The third kappa shape index (κ3) is 4.91. The molecule has 0 aliphatic rings. The lowest BCUT2D eigenvalue weighted by atomic mass is 10.1. The predicted octanol–water partition coefficient (Wildman–Crippen LogP) is 4.30. The average Bonchev–Trinajstić information content (AvgIpc) is 3.14. The summed E-state index contributed by atoms with van der Waals surface area (Å²) in [5, 5.41) is 3.74. The van der Waals surface area contributed by atoms with Gasteiger partial charge in [-0.05, 0) is 36.2 Å². The summed E-state index contributed by atoms with van der Waals surface area (Å²) in [6.07, 6.45) is 0.747. The van der Waals surface area contributed by atoms with Crippen LogP contribution in [0.1, 0.15) is 17.7 Å². The van der Waals surface area contributed by atoms with Crippen LogP contribution in [-0.4, -0.2) is 18.2 Å². The third-order valence-electron chi connectivity index (χ3n) is 3.91. The van der Waals surface area contributed by atoms with Crippen LogP contribution in [0.25, 0.3) is 11.3 Å². The van der Waals surface area contributed by atoms with Crippen LogP contribution in [0, 0.1) is 11.6 Å². The van der Waals surface area contributed by atoms with E-state index in [0.717, 1.165) is 23.4 Å². The minimum atomic E-state index is -0.755. The molecule has 0 amide bonds. The molecular weight excluding hydrogens is 356 g/mol. The number of nitrogens with zero attached hydrogens (tertiary/aromatic N) is 1. The quantitative estimate of drug-likeness (QED) is 0.578. The first kappa shape index (κ1) is 18.6. The molecule has 0 spiro atoms. The van der Waals surface area contributed by atoms with Gasteiger partial charge in [-0.15, -0.1) is 0 Å². The highest BCUT2D eigenvalue weighted by Gasteiger charge is 2.13. The molecule has 0 aliphatic heterocycles. The van der Waals surface area contributed by atoms with Gasteiger partial charge in [-0.1, -0.05) is 17.3 Å². The minimum Gasteiger partial charge on any atom is -0.497 e. The van der Waals surface area contributed by atoms with Gasteiger partial charge in [-0.25, -0.2) is 8.78 Å². The Balaban J connectivity index is 1.51. The molecule has 3 aromatic rings. The van der Waals surface area contributed by atoms with E-state index in [1.54, 1.807) is 7.11 Å². The molecule has 0 bridgehead atoms. The Kier molecular flexibility index (Phi) is 5.80. The number of aromatic nitrogens is 1. The Morgan fingerprint density at radius 3 is 2.59 bits per heavy atom. The Morgan fingerprint density at radius 1 is 1.11 bits per heavy atom. The smallest absolute Gasteiger partial charge is 0.306 e. The molecule has 3 rings (SSSR count). The minimum absolute atomic E-state index is 0.0842. The average molecular weight is 373 g/mol. The van der Waals surface area contributed by atoms with Crippen LogP contribution in [0.3, 0.4) is 0 Å². The number of hydrogen-bond acceptors (Lipinski definition) is 5. The number of ether oxygens (including phenoxy) is 2. The van der Waals surface area contributed by atoms with Gasteiger partial charge < -0.3 is 14.0 Å². The number of methoxy groups -OCH3 is 1. The van der Waals surface area contributed by atoms with Crippen LogP contribution in [0.2, 0.25) is 0 Å². The second-order valence-corrected chi connectivity index (χ2v) is 5.82. The molecule has 0 radical (unpaired) electrons. The van der Waals surface area contributed by atoms with E-state index >= 15 is 0 Å². The summed E-state index contributed by atoms with van der Waals surface area (Å²) in [6.45, 7) is -0.0895. The number of carbonyl (C=O) groups is 1. The van der Waals surface area contributed by atoms with Crippen molar-refractivity contribution in [1.82, 2.24) is 5.16 Å². The zero-order valence-corrected chi connectivity index (χ0v) is 14.6. The lowest BCUT2D eigenvalue weighted by molar-refractivity contribution is -0.145. The number of carbonyl (C=O) groups excluding carboxylic acids is 1. The third-order valence-corrected chi connectivity index (χ3v) is 3.91. The van der Waals surface area contributed by atoms with Crippen molar-refractivity contribution in [2.75, 3.05) is 7.11 Å². The Hall–Kier alpha value is -3.22. The van der Waals surface area contributed by atoms with Crippen LogP contribution in [0.5, 0.6) is 5.75 Å². The maximum absolute atomic E-state index is 13.7. The Morgan fingerprint density at radius 2 is 1.89 bits per heavy atom. The van der Waals surface area contributed by atoms with Crippen LogP contribution < -0.4 is 4.74 Å². The van der Waals surface area contributed by atoms with Crippen LogP contribution in [-0.2, 0) is 22.6 Å². The molecule has 0 fully saturated rings. The topological polar surface area (TPSA) is 61.6 Å². The molecule has 7 heteroatoms. The highest BCUT2D eigenvalue weighted by atomic mass is 19.1. The van der Waals surface area contributed by atoms with E-state index in [2.05, 4.69) is 5.16 Å². The first-order valence-corrected chi connectivity index (χ1v) is 8.24. The Bertz CT molecular complexity index is 922. The van der Waals surface area contributed by atoms with Crippen LogP contribution in [0.4, 0.5) is 8.78 Å². The van der Waals surface area contributed by atoms with Gasteiger partial charge in [-0.2, -0.15) is 0 Å². The summed E-state index contributed by atoms with van der Waals surface area (Å²) in [4.78, 5) is 11.9. The van der Waals surface area contributed by atoms with Crippen molar-refractivity contribution in [3.63, 3.8) is 0 Å². The number of benzene rings is 2. The second-order valence-electron chi connectivity index (χ2n) is 5.82. The highest BCUT2D eigenvalue weighted by Crippen LogP contribution is 2.24. The van der Waals surface area contributed by atoms with E-state index in [4.69, 9.17) is 14.0 Å². The molecule has 1 heterocycles. The van der Waals surface area contributed by atoms with Gasteiger partial charge in [0.15, 0.2) is 5.76 Å². The molecule has 5 nitrogen and oxygen atoms in total. The molecule has 0 aliphatic carbocycles. The molecule has 0 saturated carbocycles. The van der Waals surface area contributed by atoms with E-state index < -0.39 is 11.6 Å². The van der Waals surface area contributed by atoms with Gasteiger partial charge in [0.05, 0.1) is 12.7 Å². The fourth-order valence-electron chi connectivity index (χ4n) is 2.46. The molecule has 0 N–H and O–H groups in total. The van der Waals surface area contributed by atoms with Crippen molar-refractivity contribution in [3.8, 4) is 17.1 Å². The first-order valence-electron chi connectivity index (χ1n) is 8.24. The lowest BCUT2D eigenvalue weighted by Crippen LogP contribution is -2.06. The first-order chi connectivity index (χ1) is 13.0. The van der Waals surface area contributed by atoms with Gasteiger partial charge in [0.25, 0.3) is 0 Å². The standard InChI is InChI=1S/C20H17F2NO4/c1-25-16-6-2-13(3-7-16)4-9-20(24)26-12-15-11-19(27-23-15)17-8-5-14(21)10-18(17)22/h2-3,5-8,10-11H,4,9,12H2,1H3. The van der Waals surface area contributed by atoms with Crippen molar-refractivity contribution >= 4 is 5.97 Å². The van der Waals surface area contributed by atoms with Crippen molar-refractivity contribution in [2.45, 2.75) is 19.4 Å². The summed E-state index contributed by atoms with van der Waals surface area (Å²) in [7, 11) is 1.59. The van der Waals surface area contributed by atoms with E-state index in [0.29, 0.717) is 12.1 Å². The van der Waals surface area contributed by atoms with Crippen molar-refractivity contribution < 1.29 is 27.6 Å². The summed E-state index contributed by atoms with van der Waals surface area (Å²) < 4.78 is 42.0. The maximum atomic E-state index is 13.7. The van der Waals surface area contributed by atoms with Crippen molar-refractivity contribution in [2.24, 2.45) is 0 Å². The van der Waals surface area contributed by atoms with E-state index in [9.17, 15) is 13.6 Å². The number of rotatable bonds is 7. The van der Waals surface area contributed by atoms with E-state index in [1.165, 1.54) is 12.1 Å². The van der Waals surface area contributed by atoms with Crippen LogP contribution >= 0.6 is 0 Å². The summed E-state index contributed by atoms with van der Waals surface area (Å²) >= 11 is 0. The SMILES string of the molecule is COc1ccc(CCC(=O)OCc2cc(-c3ccc(F)cc3F)on2)cc1. The van der Waals surface area contributed by atoms with Gasteiger partial charge in [-0.3, -0.25) is 4.79 Å². The van der Waals surface area contributed by atoms with Gasteiger partial charge in [0.1, 0.15) is 29.7 Å². The molecule has 0 saturated heterocycles. The highest BCUT2D eigenvalue weighted by molar-refractivity contribution is 5.69. The largest absolute Gasteiger partial charge is 0.497 e. The zero-order chi connectivity index (χ0) is 19.2. The molecule has 1 aromatic heterocycles. The summed E-state index contributed by atoms with van der Waals surface area (Å²) in [6, 6.07) is 12.0. The molecule has 0 atom stereocenters. The van der Waals surface area contributed by atoms with Gasteiger partial charge >= 0.3 is 5.97 Å². The maximum Gasteiger partial charge on any atom is 0.306 e. The number of hydrogen-bond donors (Lipinski definition) is 0. The summed E-state index contributed by atoms with van der Waals surface area (Å²) in [5.41, 5.74) is 1.41. The second kappa shape index (κ2) is 8.44. The normalized spacial score (nSPS) is 10.6. The molecular formula is C20H17F2NO4. The zero-order valence-electron chi connectivity index (χ0n) is 14.6. The Labute approximate surface area is 154 Å². The molecule has 0 unspecified atom stereocenters. The van der Waals surface area contributed by atoms with Crippen LogP contribution in [0.15, 0.2) is 53.1 Å². The molecule has 2 aromatic carbocycles. The van der Waals surface area contributed by atoms with Crippen molar-refractivity contribution in [3.05, 3.63) is 71.4 Å². The van der Waals surface area contributed by atoms with E-state index in [-0.39, 0.29) is 30.3 Å². The predicted molar refractivity (Wildman–Crippen MR) is 93.0 cm³/mol. The number of halogens is 2. The van der Waals surface area contributed by atoms with Gasteiger partial charge in [0.2, 0.25) is 0 Å². The van der Waals surface area contributed by atoms with Gasteiger partial charge in [0, 0.05) is 18.6 Å². The molecule has 27 heavy (non-hydrogen) atoms. The van der Waals surface area contributed by atoms with Crippen molar-refractivity contribution in [1.29, 1.82) is 0 Å². The number of esters is 1. The summed E-state index contributed by atoms with van der Waals surface area (Å²) in [5.74, 6) is -0.933. The lowest BCUT2D eigenvalue weighted by Gasteiger charge is -2.04. The van der Waals surface area contributed by atoms with E-state index in [1.807, 2.05) is 24.3 Å². The fraction of sp³-hybridized carbons (Fsp3) is 0.200. The molecule has 140 valence electrons. The number of aryl methyl sites for hydroxylation is 1.